The lowest BCUT2D eigenvalue weighted by Crippen LogP contribution is -2.07. The molecule has 0 saturated heterocycles. The summed E-state index contributed by atoms with van der Waals surface area (Å²) in [6.07, 6.45) is 3.05. The monoisotopic (exact) mass is 269 g/mol. The van der Waals surface area contributed by atoms with Crippen molar-refractivity contribution in [3.63, 3.8) is 0 Å². The number of carbonyl (C=O) groups is 1. The van der Waals surface area contributed by atoms with Gasteiger partial charge in [0.2, 0.25) is 0 Å². The summed E-state index contributed by atoms with van der Waals surface area (Å²) < 4.78 is 10.5. The van der Waals surface area contributed by atoms with E-state index in [1.807, 2.05) is 12.3 Å². The van der Waals surface area contributed by atoms with Crippen molar-refractivity contribution < 1.29 is 14.3 Å². The number of rotatable bonds is 7. The van der Waals surface area contributed by atoms with Crippen LogP contribution in [0.5, 0.6) is 11.5 Å². The van der Waals surface area contributed by atoms with Gasteiger partial charge in [-0.15, -0.1) is 11.8 Å². The summed E-state index contributed by atoms with van der Waals surface area (Å²) in [7, 11) is 3.15. The number of hydrogen-bond donors (Lipinski definition) is 1. The molecule has 0 saturated carbocycles. The molecule has 0 bridgehead atoms. The number of ketones is 1. The first-order chi connectivity index (χ1) is 8.67. The molecule has 5 heteroatoms. The Labute approximate surface area is 112 Å². The zero-order chi connectivity index (χ0) is 13.5. The lowest BCUT2D eigenvalue weighted by Gasteiger charge is -2.13. The molecule has 1 aromatic carbocycles. The minimum Gasteiger partial charge on any atom is -0.496 e. The second kappa shape index (κ2) is 7.28. The van der Waals surface area contributed by atoms with Crippen LogP contribution >= 0.6 is 11.8 Å². The number of benzene rings is 1. The van der Waals surface area contributed by atoms with Gasteiger partial charge in [0, 0.05) is 6.42 Å². The summed E-state index contributed by atoms with van der Waals surface area (Å²) in [5.74, 6) is 1.31. The number of ether oxygens (including phenoxy) is 2. The van der Waals surface area contributed by atoms with Gasteiger partial charge in [0.15, 0.2) is 5.78 Å². The lowest BCUT2D eigenvalue weighted by atomic mass is 10.0. The molecule has 0 unspecified atom stereocenters. The summed E-state index contributed by atoms with van der Waals surface area (Å²) in [4.78, 5) is 13.0. The fourth-order valence-corrected chi connectivity index (χ4v) is 2.21. The highest BCUT2D eigenvalue weighted by Gasteiger charge is 2.16. The van der Waals surface area contributed by atoms with E-state index in [2.05, 4.69) is 0 Å². The van der Waals surface area contributed by atoms with E-state index in [-0.39, 0.29) is 5.78 Å². The van der Waals surface area contributed by atoms with Crippen LogP contribution in [0.1, 0.15) is 23.2 Å². The van der Waals surface area contributed by atoms with E-state index in [1.54, 1.807) is 32.0 Å². The average Bonchev–Trinajstić information content (AvgIpc) is 2.42. The molecule has 4 nitrogen and oxygen atoms in total. The Morgan fingerprint density at radius 2 is 1.94 bits per heavy atom. The molecule has 0 aliphatic rings. The maximum absolute atomic E-state index is 12.1. The molecule has 100 valence electrons. The third-order valence-electron chi connectivity index (χ3n) is 2.61. The number of hydrogen-bond acceptors (Lipinski definition) is 5. The highest BCUT2D eigenvalue weighted by Crippen LogP contribution is 2.35. The molecule has 2 N–H and O–H groups in total. The average molecular weight is 269 g/mol. The summed E-state index contributed by atoms with van der Waals surface area (Å²) in [5, 5.41) is 0. The minimum atomic E-state index is 0.0308. The predicted octanol–water partition coefficient (Wildman–Crippen LogP) is 2.35. The zero-order valence-corrected chi connectivity index (χ0v) is 11.8. The number of carbonyl (C=O) groups excluding carboxylic acids is 1. The van der Waals surface area contributed by atoms with E-state index >= 15 is 0 Å². The fraction of sp³-hybridized carbons (Fsp3) is 0.462. The number of thioether (sulfide) groups is 1. The van der Waals surface area contributed by atoms with Gasteiger partial charge in [-0.1, -0.05) is 0 Å². The van der Waals surface area contributed by atoms with Gasteiger partial charge in [0.25, 0.3) is 0 Å². The van der Waals surface area contributed by atoms with Crippen LogP contribution in [0.2, 0.25) is 0 Å². The van der Waals surface area contributed by atoms with Crippen molar-refractivity contribution in [3.05, 3.63) is 17.7 Å². The van der Waals surface area contributed by atoms with Crippen LogP contribution in [-0.2, 0) is 0 Å². The summed E-state index contributed by atoms with van der Waals surface area (Å²) >= 11 is 1.55. The van der Waals surface area contributed by atoms with Crippen molar-refractivity contribution in [2.75, 3.05) is 27.0 Å². The van der Waals surface area contributed by atoms with Crippen LogP contribution in [0.4, 0.5) is 0 Å². The first kappa shape index (κ1) is 14.9. The van der Waals surface area contributed by atoms with Crippen LogP contribution in [0.3, 0.4) is 0 Å². The summed E-state index contributed by atoms with van der Waals surface area (Å²) in [6, 6.07) is 3.57. The van der Waals surface area contributed by atoms with Crippen molar-refractivity contribution in [1.29, 1.82) is 0 Å². The smallest absolute Gasteiger partial charge is 0.166 e. The first-order valence-electron chi connectivity index (χ1n) is 5.71. The van der Waals surface area contributed by atoms with Gasteiger partial charge in [-0.2, -0.15) is 0 Å². The van der Waals surface area contributed by atoms with Crippen LogP contribution < -0.4 is 15.2 Å². The van der Waals surface area contributed by atoms with E-state index in [4.69, 9.17) is 15.2 Å². The van der Waals surface area contributed by atoms with E-state index in [9.17, 15) is 4.79 Å². The summed E-state index contributed by atoms with van der Waals surface area (Å²) in [5.41, 5.74) is 5.97. The van der Waals surface area contributed by atoms with Crippen molar-refractivity contribution >= 4 is 17.5 Å². The quantitative estimate of drug-likeness (QED) is 0.608. The predicted molar refractivity (Wildman–Crippen MR) is 73.9 cm³/mol. The summed E-state index contributed by atoms with van der Waals surface area (Å²) in [6.45, 7) is 0.508. The maximum Gasteiger partial charge on any atom is 0.166 e. The molecule has 0 atom stereocenters. The number of methoxy groups -OCH3 is 2. The molecule has 1 rings (SSSR count). The lowest BCUT2D eigenvalue weighted by molar-refractivity contribution is 0.0977. The molecule has 0 fully saturated rings. The van der Waals surface area contributed by atoms with Crippen LogP contribution in [0.15, 0.2) is 17.0 Å². The van der Waals surface area contributed by atoms with Gasteiger partial charge in [-0.05, 0) is 31.4 Å². The standard InChI is InChI=1S/C13H19NO3S/c1-16-11-8-13(18-3)12(17-2)7-9(11)10(15)5-4-6-14/h7-8H,4-6,14H2,1-3H3. The van der Waals surface area contributed by atoms with Gasteiger partial charge >= 0.3 is 0 Å². The largest absolute Gasteiger partial charge is 0.496 e. The van der Waals surface area contributed by atoms with Crippen molar-refractivity contribution in [1.82, 2.24) is 0 Å². The second-order valence-corrected chi connectivity index (χ2v) is 4.57. The highest BCUT2D eigenvalue weighted by molar-refractivity contribution is 7.98. The molecular formula is C13H19NO3S. The Morgan fingerprint density at radius 1 is 1.28 bits per heavy atom. The van der Waals surface area contributed by atoms with Crippen LogP contribution in [0, 0.1) is 0 Å². The molecule has 0 aromatic heterocycles. The second-order valence-electron chi connectivity index (χ2n) is 3.72. The Morgan fingerprint density at radius 3 is 2.44 bits per heavy atom. The Balaban J connectivity index is 3.12. The van der Waals surface area contributed by atoms with Gasteiger partial charge in [-0.25, -0.2) is 0 Å². The van der Waals surface area contributed by atoms with Gasteiger partial charge in [0.05, 0.1) is 24.7 Å². The van der Waals surface area contributed by atoms with Crippen molar-refractivity contribution in [3.8, 4) is 11.5 Å². The van der Waals surface area contributed by atoms with Crippen LogP contribution in [0.25, 0.3) is 0 Å². The van der Waals surface area contributed by atoms with E-state index in [1.165, 1.54) is 0 Å². The van der Waals surface area contributed by atoms with E-state index in [0.29, 0.717) is 36.4 Å². The van der Waals surface area contributed by atoms with Gasteiger partial charge in [-0.3, -0.25) is 4.79 Å². The number of nitrogens with two attached hydrogens (primary N) is 1. The third kappa shape index (κ3) is 3.40. The first-order valence-corrected chi connectivity index (χ1v) is 6.93. The highest BCUT2D eigenvalue weighted by atomic mass is 32.2. The molecule has 18 heavy (non-hydrogen) atoms. The minimum absolute atomic E-state index is 0.0308. The SMILES string of the molecule is COc1cc(C(=O)CCCN)c(OC)cc1SC. The third-order valence-corrected chi connectivity index (χ3v) is 3.37. The molecule has 1 aromatic rings. The van der Waals surface area contributed by atoms with Gasteiger partial charge < -0.3 is 15.2 Å². The number of Topliss-reactive ketones (excluding diaryl/α,β-unsaturated/α-hetero) is 1. The van der Waals surface area contributed by atoms with Crippen molar-refractivity contribution in [2.45, 2.75) is 17.7 Å². The van der Waals surface area contributed by atoms with E-state index in [0.717, 1.165) is 4.90 Å². The van der Waals surface area contributed by atoms with Gasteiger partial charge in [0.1, 0.15) is 11.5 Å². The Hall–Kier alpha value is -1.20. The molecule has 0 spiro atoms. The molecule has 0 heterocycles. The topological polar surface area (TPSA) is 61.5 Å². The molecule has 0 radical (unpaired) electrons. The maximum atomic E-state index is 12.1. The Bertz CT molecular complexity index is 421. The molecule has 0 amide bonds. The normalized spacial score (nSPS) is 10.2. The van der Waals surface area contributed by atoms with Crippen molar-refractivity contribution in [2.24, 2.45) is 5.73 Å². The molecule has 0 aliphatic carbocycles. The molecular weight excluding hydrogens is 250 g/mol. The Kier molecular flexibility index (Phi) is 6.01. The zero-order valence-electron chi connectivity index (χ0n) is 11.0. The van der Waals surface area contributed by atoms with Crippen LogP contribution in [-0.4, -0.2) is 32.8 Å². The fourth-order valence-electron chi connectivity index (χ4n) is 1.64. The molecule has 0 aliphatic heterocycles. The van der Waals surface area contributed by atoms with E-state index < -0.39 is 0 Å².